The van der Waals surface area contributed by atoms with Crippen LogP contribution in [0.3, 0.4) is 0 Å². The maximum Gasteiger partial charge on any atom is 0.453 e. The SMILES string of the molecule is COCSc1cc(-n2cnc(C(F)(F)F)n2)c(C)cc1C. The summed E-state index contributed by atoms with van der Waals surface area (Å²) in [6, 6.07) is 3.70. The predicted molar refractivity (Wildman–Crippen MR) is 73.6 cm³/mol. The molecule has 0 aliphatic heterocycles. The van der Waals surface area contributed by atoms with Gasteiger partial charge < -0.3 is 4.74 Å². The van der Waals surface area contributed by atoms with E-state index in [1.165, 1.54) is 11.8 Å². The van der Waals surface area contributed by atoms with Crippen molar-refractivity contribution in [1.82, 2.24) is 14.8 Å². The normalized spacial score (nSPS) is 11.9. The molecule has 0 saturated heterocycles. The Morgan fingerprint density at radius 1 is 1.24 bits per heavy atom. The molecule has 1 heterocycles. The molecule has 1 aromatic heterocycles. The first kappa shape index (κ1) is 15.8. The van der Waals surface area contributed by atoms with Crippen LogP contribution in [0.2, 0.25) is 0 Å². The Morgan fingerprint density at radius 2 is 1.95 bits per heavy atom. The maximum absolute atomic E-state index is 12.6. The zero-order valence-corrected chi connectivity index (χ0v) is 12.5. The Balaban J connectivity index is 2.41. The van der Waals surface area contributed by atoms with Gasteiger partial charge in [-0.1, -0.05) is 17.8 Å². The molecule has 2 aromatic rings. The highest BCUT2D eigenvalue weighted by Gasteiger charge is 2.36. The van der Waals surface area contributed by atoms with Crippen LogP contribution in [0.5, 0.6) is 0 Å². The largest absolute Gasteiger partial charge is 0.453 e. The number of ether oxygens (including phenoxy) is 1. The topological polar surface area (TPSA) is 39.9 Å². The van der Waals surface area contributed by atoms with Crippen LogP contribution in [-0.4, -0.2) is 27.8 Å². The number of hydrogen-bond donors (Lipinski definition) is 0. The minimum atomic E-state index is -4.54. The van der Waals surface area contributed by atoms with Gasteiger partial charge in [0.25, 0.3) is 5.82 Å². The molecule has 0 atom stereocenters. The van der Waals surface area contributed by atoms with Crippen molar-refractivity contribution in [2.75, 3.05) is 13.0 Å². The average Bonchev–Trinajstić information content (AvgIpc) is 2.87. The molecule has 2 rings (SSSR count). The average molecular weight is 317 g/mol. The van der Waals surface area contributed by atoms with E-state index < -0.39 is 12.0 Å². The molecule has 0 radical (unpaired) electrons. The lowest BCUT2D eigenvalue weighted by Crippen LogP contribution is -2.09. The van der Waals surface area contributed by atoms with E-state index in [-0.39, 0.29) is 0 Å². The number of thioether (sulfide) groups is 1. The molecule has 0 spiro atoms. The Morgan fingerprint density at radius 3 is 2.52 bits per heavy atom. The van der Waals surface area contributed by atoms with Gasteiger partial charge in [-0.25, -0.2) is 9.67 Å². The molecule has 0 aliphatic carbocycles. The van der Waals surface area contributed by atoms with E-state index >= 15 is 0 Å². The smallest absolute Gasteiger partial charge is 0.374 e. The first-order valence-corrected chi connectivity index (χ1v) is 7.03. The lowest BCUT2D eigenvalue weighted by atomic mass is 10.1. The van der Waals surface area contributed by atoms with Crippen molar-refractivity contribution in [2.24, 2.45) is 0 Å². The van der Waals surface area contributed by atoms with E-state index in [4.69, 9.17) is 4.74 Å². The number of rotatable bonds is 4. The second-order valence-corrected chi connectivity index (χ2v) is 5.43. The fourth-order valence-corrected chi connectivity index (χ4v) is 2.58. The van der Waals surface area contributed by atoms with Gasteiger partial charge in [-0.2, -0.15) is 13.2 Å². The van der Waals surface area contributed by atoms with E-state index in [9.17, 15) is 13.2 Å². The van der Waals surface area contributed by atoms with Crippen molar-refractivity contribution < 1.29 is 17.9 Å². The summed E-state index contributed by atoms with van der Waals surface area (Å²) in [5.41, 5.74) is 2.43. The van der Waals surface area contributed by atoms with Gasteiger partial charge in [-0.3, -0.25) is 0 Å². The quantitative estimate of drug-likeness (QED) is 0.638. The zero-order valence-electron chi connectivity index (χ0n) is 11.7. The molecule has 8 heteroatoms. The van der Waals surface area contributed by atoms with E-state index in [0.29, 0.717) is 11.6 Å². The van der Waals surface area contributed by atoms with Crippen molar-refractivity contribution in [3.8, 4) is 5.69 Å². The van der Waals surface area contributed by atoms with Gasteiger partial charge >= 0.3 is 6.18 Å². The van der Waals surface area contributed by atoms with Crippen LogP contribution in [0.1, 0.15) is 17.0 Å². The van der Waals surface area contributed by atoms with Crippen LogP contribution in [0.15, 0.2) is 23.4 Å². The number of hydrogen-bond acceptors (Lipinski definition) is 4. The molecule has 0 fully saturated rings. The second-order valence-electron chi connectivity index (χ2n) is 4.47. The van der Waals surface area contributed by atoms with E-state index in [1.807, 2.05) is 19.9 Å². The summed E-state index contributed by atoms with van der Waals surface area (Å²) < 4.78 is 43.9. The predicted octanol–water partition coefficient (Wildman–Crippen LogP) is 3.60. The van der Waals surface area contributed by atoms with Gasteiger partial charge in [0, 0.05) is 12.0 Å². The molecule has 114 valence electrons. The molecule has 0 saturated carbocycles. The van der Waals surface area contributed by atoms with Gasteiger partial charge in [0.15, 0.2) is 0 Å². The van der Waals surface area contributed by atoms with Crippen molar-refractivity contribution in [1.29, 1.82) is 0 Å². The minimum Gasteiger partial charge on any atom is -0.374 e. The van der Waals surface area contributed by atoms with Crippen molar-refractivity contribution >= 4 is 11.8 Å². The molecule has 0 N–H and O–H groups in total. The number of halogens is 3. The summed E-state index contributed by atoms with van der Waals surface area (Å²) in [6.45, 7) is 3.76. The second kappa shape index (κ2) is 6.07. The lowest BCUT2D eigenvalue weighted by Gasteiger charge is -2.11. The number of nitrogens with zero attached hydrogens (tertiary/aromatic N) is 3. The van der Waals surface area contributed by atoms with E-state index in [1.54, 1.807) is 13.2 Å². The molecule has 21 heavy (non-hydrogen) atoms. The fourth-order valence-electron chi connectivity index (χ4n) is 1.86. The molecule has 1 aromatic carbocycles. The van der Waals surface area contributed by atoms with Crippen LogP contribution in [0.4, 0.5) is 13.2 Å². The van der Waals surface area contributed by atoms with Gasteiger partial charge in [-0.15, -0.1) is 5.10 Å². The van der Waals surface area contributed by atoms with Gasteiger partial charge in [0.1, 0.15) is 6.33 Å². The maximum atomic E-state index is 12.6. The van der Waals surface area contributed by atoms with Gasteiger partial charge in [-0.05, 0) is 31.0 Å². The van der Waals surface area contributed by atoms with E-state index in [0.717, 1.165) is 27.0 Å². The van der Waals surface area contributed by atoms with Crippen LogP contribution in [0.25, 0.3) is 5.69 Å². The fraction of sp³-hybridized carbons (Fsp3) is 0.385. The van der Waals surface area contributed by atoms with Gasteiger partial charge in [0.05, 0.1) is 11.6 Å². The molecular weight excluding hydrogens is 303 g/mol. The number of methoxy groups -OCH3 is 1. The summed E-state index contributed by atoms with van der Waals surface area (Å²) in [7, 11) is 1.59. The molecule has 0 bridgehead atoms. The van der Waals surface area contributed by atoms with Crippen LogP contribution < -0.4 is 0 Å². The highest BCUT2D eigenvalue weighted by Crippen LogP contribution is 2.29. The highest BCUT2D eigenvalue weighted by atomic mass is 32.2. The number of aromatic nitrogens is 3. The molecule has 4 nitrogen and oxygen atoms in total. The lowest BCUT2D eigenvalue weighted by molar-refractivity contribution is -0.144. The van der Waals surface area contributed by atoms with Crippen LogP contribution in [0, 0.1) is 13.8 Å². The Kier molecular flexibility index (Phi) is 4.58. The molecule has 0 unspecified atom stereocenters. The van der Waals surface area contributed by atoms with Gasteiger partial charge in [0.2, 0.25) is 0 Å². The van der Waals surface area contributed by atoms with Crippen molar-refractivity contribution in [3.63, 3.8) is 0 Å². The number of aryl methyl sites for hydroxylation is 2. The Hall–Kier alpha value is -1.54. The summed E-state index contributed by atoms with van der Waals surface area (Å²) in [4.78, 5) is 4.25. The summed E-state index contributed by atoms with van der Waals surface area (Å²) in [6.07, 6.45) is -3.47. The van der Waals surface area contributed by atoms with Crippen LogP contribution in [-0.2, 0) is 10.9 Å². The molecule has 0 aliphatic rings. The first-order valence-electron chi connectivity index (χ1n) is 6.05. The number of benzene rings is 1. The zero-order chi connectivity index (χ0) is 15.6. The number of alkyl halides is 3. The summed E-state index contributed by atoms with van der Waals surface area (Å²) >= 11 is 1.47. The highest BCUT2D eigenvalue weighted by molar-refractivity contribution is 7.99. The summed E-state index contributed by atoms with van der Waals surface area (Å²) in [5.74, 6) is -0.678. The Labute approximate surface area is 124 Å². The third-order valence-electron chi connectivity index (χ3n) is 2.82. The Bertz CT molecular complexity index is 640. The third kappa shape index (κ3) is 3.56. The van der Waals surface area contributed by atoms with Crippen LogP contribution >= 0.6 is 11.8 Å². The summed E-state index contributed by atoms with van der Waals surface area (Å²) in [5, 5.41) is 3.50. The van der Waals surface area contributed by atoms with Crippen molar-refractivity contribution in [2.45, 2.75) is 24.9 Å². The molecule has 0 amide bonds. The standard InChI is InChI=1S/C13H14F3N3OS/c1-8-4-9(2)11(21-7-20-3)5-10(8)19-6-17-12(18-19)13(14,15)16/h4-6H,7H2,1-3H3. The third-order valence-corrected chi connectivity index (χ3v) is 3.92. The monoisotopic (exact) mass is 317 g/mol. The minimum absolute atomic E-state index is 0.467. The van der Waals surface area contributed by atoms with Crippen molar-refractivity contribution in [3.05, 3.63) is 35.4 Å². The van der Waals surface area contributed by atoms with E-state index in [2.05, 4.69) is 10.1 Å². The molecular formula is C13H14F3N3OS. The first-order chi connectivity index (χ1) is 9.82.